The monoisotopic (exact) mass is 326 g/mol. The molecule has 5 nitrogen and oxygen atoms in total. The van der Waals surface area contributed by atoms with Crippen LogP contribution in [0.3, 0.4) is 0 Å². The van der Waals surface area contributed by atoms with Gasteiger partial charge in [-0.1, -0.05) is 60.7 Å². The van der Waals surface area contributed by atoms with Gasteiger partial charge in [-0.25, -0.2) is 4.79 Å². The number of ketones is 1. The SMILES string of the molecule is CN(CC(=O)[C@H](Cc1ccccc1)NC(=O)O)Cc1ccccc1. The molecule has 0 aliphatic heterocycles. The summed E-state index contributed by atoms with van der Waals surface area (Å²) in [4.78, 5) is 25.4. The van der Waals surface area contributed by atoms with Gasteiger partial charge < -0.3 is 10.4 Å². The zero-order chi connectivity index (χ0) is 17.4. The summed E-state index contributed by atoms with van der Waals surface area (Å²) in [6.45, 7) is 0.824. The molecule has 2 N–H and O–H groups in total. The Labute approximate surface area is 141 Å². The van der Waals surface area contributed by atoms with Crippen LogP contribution in [0.2, 0.25) is 0 Å². The molecule has 2 rings (SSSR count). The van der Waals surface area contributed by atoms with E-state index < -0.39 is 12.1 Å². The number of hydrogen-bond donors (Lipinski definition) is 2. The van der Waals surface area contributed by atoms with Gasteiger partial charge in [0.25, 0.3) is 0 Å². The molecule has 24 heavy (non-hydrogen) atoms. The standard InChI is InChI=1S/C19H22N2O3/c1-21(13-16-10-6-3-7-11-16)14-18(22)17(20-19(23)24)12-15-8-4-2-5-9-15/h2-11,17,20H,12-14H2,1H3,(H,23,24)/t17-/m0/s1. The van der Waals surface area contributed by atoms with Gasteiger partial charge in [0.2, 0.25) is 0 Å². The molecule has 0 aromatic heterocycles. The number of carbonyl (C=O) groups excluding carboxylic acids is 1. The van der Waals surface area contributed by atoms with E-state index in [1.165, 1.54) is 0 Å². The molecule has 1 atom stereocenters. The van der Waals surface area contributed by atoms with E-state index in [2.05, 4.69) is 5.32 Å². The zero-order valence-electron chi connectivity index (χ0n) is 13.7. The second kappa shape index (κ2) is 8.84. The van der Waals surface area contributed by atoms with Crippen molar-refractivity contribution in [2.75, 3.05) is 13.6 Å². The number of carbonyl (C=O) groups is 2. The first kappa shape index (κ1) is 17.7. The zero-order valence-corrected chi connectivity index (χ0v) is 13.7. The van der Waals surface area contributed by atoms with Gasteiger partial charge >= 0.3 is 6.09 Å². The molecular weight excluding hydrogens is 304 g/mol. The number of rotatable bonds is 8. The smallest absolute Gasteiger partial charge is 0.405 e. The fraction of sp³-hybridized carbons (Fsp3) is 0.263. The lowest BCUT2D eigenvalue weighted by atomic mass is 10.0. The predicted molar refractivity (Wildman–Crippen MR) is 92.9 cm³/mol. The van der Waals surface area contributed by atoms with Crippen LogP contribution in [-0.2, 0) is 17.8 Å². The van der Waals surface area contributed by atoms with Crippen LogP contribution in [0.1, 0.15) is 11.1 Å². The molecule has 0 aliphatic rings. The number of hydrogen-bond acceptors (Lipinski definition) is 3. The third-order valence-electron chi connectivity index (χ3n) is 3.69. The summed E-state index contributed by atoms with van der Waals surface area (Å²) in [5.41, 5.74) is 2.04. The molecule has 0 bridgehead atoms. The van der Waals surface area contributed by atoms with E-state index in [1.54, 1.807) is 0 Å². The van der Waals surface area contributed by atoms with E-state index in [1.807, 2.05) is 72.6 Å². The average molecular weight is 326 g/mol. The van der Waals surface area contributed by atoms with E-state index in [-0.39, 0.29) is 12.3 Å². The van der Waals surface area contributed by atoms with Crippen molar-refractivity contribution in [3.63, 3.8) is 0 Å². The Bertz CT molecular complexity index is 659. The lowest BCUT2D eigenvalue weighted by Crippen LogP contribution is -2.45. The molecule has 0 spiro atoms. The molecule has 126 valence electrons. The molecule has 1 amide bonds. The summed E-state index contributed by atoms with van der Waals surface area (Å²) in [7, 11) is 1.85. The van der Waals surface area contributed by atoms with E-state index in [4.69, 9.17) is 5.11 Å². The highest BCUT2D eigenvalue weighted by molar-refractivity contribution is 5.88. The normalized spacial score (nSPS) is 11.9. The molecule has 0 unspecified atom stereocenters. The van der Waals surface area contributed by atoms with Gasteiger partial charge in [-0.2, -0.15) is 0 Å². The van der Waals surface area contributed by atoms with Crippen LogP contribution >= 0.6 is 0 Å². The first-order valence-corrected chi connectivity index (χ1v) is 7.83. The fourth-order valence-corrected chi connectivity index (χ4v) is 2.57. The van der Waals surface area contributed by atoms with Crippen LogP contribution < -0.4 is 5.32 Å². The lowest BCUT2D eigenvalue weighted by molar-refractivity contribution is -0.121. The molecule has 0 saturated heterocycles. The number of nitrogens with zero attached hydrogens (tertiary/aromatic N) is 1. The summed E-state index contributed by atoms with van der Waals surface area (Å²) in [5, 5.41) is 11.3. The highest BCUT2D eigenvalue weighted by atomic mass is 16.4. The summed E-state index contributed by atoms with van der Waals surface area (Å²) in [5.74, 6) is -0.139. The van der Waals surface area contributed by atoms with Crippen molar-refractivity contribution in [1.29, 1.82) is 0 Å². The van der Waals surface area contributed by atoms with Gasteiger partial charge in [0.05, 0.1) is 12.6 Å². The first-order valence-electron chi connectivity index (χ1n) is 7.83. The molecule has 5 heteroatoms. The third kappa shape index (κ3) is 5.85. The number of benzene rings is 2. The van der Waals surface area contributed by atoms with Crippen LogP contribution in [-0.4, -0.2) is 41.5 Å². The van der Waals surface area contributed by atoms with Crippen molar-refractivity contribution in [2.24, 2.45) is 0 Å². The Balaban J connectivity index is 1.97. The van der Waals surface area contributed by atoms with Gasteiger partial charge in [-0.05, 0) is 24.6 Å². The van der Waals surface area contributed by atoms with Gasteiger partial charge in [0.15, 0.2) is 5.78 Å². The van der Waals surface area contributed by atoms with Crippen molar-refractivity contribution < 1.29 is 14.7 Å². The topological polar surface area (TPSA) is 69.6 Å². The summed E-state index contributed by atoms with van der Waals surface area (Å²) < 4.78 is 0. The Hall–Kier alpha value is -2.66. The lowest BCUT2D eigenvalue weighted by Gasteiger charge is -2.21. The Morgan fingerprint density at radius 1 is 1.00 bits per heavy atom. The highest BCUT2D eigenvalue weighted by Crippen LogP contribution is 2.07. The van der Waals surface area contributed by atoms with Crippen LogP contribution in [0.15, 0.2) is 60.7 Å². The van der Waals surface area contributed by atoms with E-state index in [9.17, 15) is 9.59 Å². The average Bonchev–Trinajstić information content (AvgIpc) is 2.55. The molecule has 0 heterocycles. The quantitative estimate of drug-likeness (QED) is 0.782. The molecule has 0 radical (unpaired) electrons. The summed E-state index contributed by atoms with van der Waals surface area (Å²) >= 11 is 0. The van der Waals surface area contributed by atoms with Crippen LogP contribution in [0.4, 0.5) is 4.79 Å². The third-order valence-corrected chi connectivity index (χ3v) is 3.69. The predicted octanol–water partition coefficient (Wildman–Crippen LogP) is 2.57. The Morgan fingerprint density at radius 3 is 2.08 bits per heavy atom. The van der Waals surface area contributed by atoms with Crippen LogP contribution in [0.25, 0.3) is 0 Å². The maximum atomic E-state index is 12.5. The number of carboxylic acid groups (broad SMARTS) is 1. The fourth-order valence-electron chi connectivity index (χ4n) is 2.57. The van der Waals surface area contributed by atoms with Gasteiger partial charge in [-0.15, -0.1) is 0 Å². The number of Topliss-reactive ketones (excluding diaryl/α,β-unsaturated/α-hetero) is 1. The van der Waals surface area contributed by atoms with E-state index in [0.29, 0.717) is 13.0 Å². The molecule has 0 fully saturated rings. The van der Waals surface area contributed by atoms with Crippen molar-refractivity contribution in [1.82, 2.24) is 10.2 Å². The van der Waals surface area contributed by atoms with Crippen molar-refractivity contribution in [2.45, 2.75) is 19.0 Å². The van der Waals surface area contributed by atoms with Crippen molar-refractivity contribution >= 4 is 11.9 Å². The van der Waals surface area contributed by atoms with E-state index in [0.717, 1.165) is 11.1 Å². The van der Waals surface area contributed by atoms with Crippen molar-refractivity contribution in [3.05, 3.63) is 71.8 Å². The Kier molecular flexibility index (Phi) is 6.51. The van der Waals surface area contributed by atoms with Crippen molar-refractivity contribution in [3.8, 4) is 0 Å². The second-order valence-corrected chi connectivity index (χ2v) is 5.82. The minimum absolute atomic E-state index is 0.139. The van der Waals surface area contributed by atoms with Gasteiger partial charge in [-0.3, -0.25) is 9.69 Å². The highest BCUT2D eigenvalue weighted by Gasteiger charge is 2.22. The summed E-state index contributed by atoms with van der Waals surface area (Å²) in [6.07, 6.45) is -0.833. The Morgan fingerprint density at radius 2 is 1.54 bits per heavy atom. The first-order chi connectivity index (χ1) is 11.5. The number of amides is 1. The maximum absolute atomic E-state index is 12.5. The molecule has 0 aliphatic carbocycles. The minimum Gasteiger partial charge on any atom is -0.465 e. The number of nitrogens with one attached hydrogen (secondary N) is 1. The van der Waals surface area contributed by atoms with Crippen LogP contribution in [0.5, 0.6) is 0 Å². The maximum Gasteiger partial charge on any atom is 0.405 e. The largest absolute Gasteiger partial charge is 0.465 e. The van der Waals surface area contributed by atoms with Crippen LogP contribution in [0, 0.1) is 0 Å². The second-order valence-electron chi connectivity index (χ2n) is 5.82. The van der Waals surface area contributed by atoms with Gasteiger partial charge in [0.1, 0.15) is 0 Å². The number of likely N-dealkylation sites (N-methyl/N-ethyl adjacent to an activating group) is 1. The van der Waals surface area contributed by atoms with Gasteiger partial charge in [0, 0.05) is 6.54 Å². The molecular formula is C19H22N2O3. The summed E-state index contributed by atoms with van der Waals surface area (Å²) in [6, 6.07) is 18.5. The molecule has 2 aromatic rings. The minimum atomic E-state index is -1.19. The molecule has 2 aromatic carbocycles. The molecule has 0 saturated carbocycles. The van der Waals surface area contributed by atoms with E-state index >= 15 is 0 Å².